The van der Waals surface area contributed by atoms with Crippen LogP contribution in [0.3, 0.4) is 0 Å². The summed E-state index contributed by atoms with van der Waals surface area (Å²) in [6, 6.07) is 6.81. The van der Waals surface area contributed by atoms with Crippen molar-refractivity contribution in [1.29, 1.82) is 0 Å². The summed E-state index contributed by atoms with van der Waals surface area (Å²) in [4.78, 5) is 13.0. The molecular formula is C20H22F3N5O3S. The average Bonchev–Trinajstić information content (AvgIpc) is 3.27. The van der Waals surface area contributed by atoms with Crippen LogP contribution in [0.2, 0.25) is 0 Å². The fraction of sp³-hybridized carbons (Fsp3) is 0.450. The van der Waals surface area contributed by atoms with Crippen molar-refractivity contribution in [3.8, 4) is 10.6 Å². The van der Waals surface area contributed by atoms with Crippen molar-refractivity contribution >= 4 is 33.3 Å². The Morgan fingerprint density at radius 1 is 1.12 bits per heavy atom. The summed E-state index contributed by atoms with van der Waals surface area (Å²) in [7, 11) is 0. The van der Waals surface area contributed by atoms with Gasteiger partial charge in [-0.25, -0.2) is 9.97 Å². The van der Waals surface area contributed by atoms with Crippen molar-refractivity contribution in [3.05, 3.63) is 30.0 Å². The molecule has 5 N–H and O–H groups in total. The molecule has 1 saturated carbocycles. The normalized spacial score (nSPS) is 23.6. The monoisotopic (exact) mass is 469 g/mol. The van der Waals surface area contributed by atoms with E-state index in [1.807, 2.05) is 24.3 Å². The molecule has 0 bridgehead atoms. The molecule has 0 saturated heterocycles. The van der Waals surface area contributed by atoms with Crippen LogP contribution in [0, 0.1) is 12.8 Å². The molecule has 12 heteroatoms. The van der Waals surface area contributed by atoms with Gasteiger partial charge in [0.05, 0.1) is 33.6 Å². The number of aliphatic hydroxyl groups is 3. The van der Waals surface area contributed by atoms with Crippen molar-refractivity contribution in [3.63, 3.8) is 0 Å². The second-order valence-electron chi connectivity index (χ2n) is 7.72. The maximum Gasteiger partial charge on any atom is 0.405 e. The Balaban J connectivity index is 1.74. The number of fused-ring (bicyclic) bond motifs is 1. The molecule has 2 aromatic heterocycles. The number of aromatic nitrogens is 3. The molecule has 0 amide bonds. The molecule has 0 spiro atoms. The van der Waals surface area contributed by atoms with Gasteiger partial charge in [0.15, 0.2) is 0 Å². The lowest BCUT2D eigenvalue weighted by molar-refractivity contribution is -0.115. The molecule has 8 nitrogen and oxygen atoms in total. The summed E-state index contributed by atoms with van der Waals surface area (Å²) in [5, 5.41) is 35.8. The van der Waals surface area contributed by atoms with Crippen molar-refractivity contribution in [2.24, 2.45) is 5.92 Å². The fourth-order valence-electron chi connectivity index (χ4n) is 3.80. The van der Waals surface area contributed by atoms with E-state index in [0.717, 1.165) is 10.2 Å². The second-order valence-corrected chi connectivity index (χ2v) is 8.75. The molecule has 4 atom stereocenters. The molecule has 4 rings (SSSR count). The third-order valence-electron chi connectivity index (χ3n) is 5.40. The number of aliphatic hydroxyl groups excluding tert-OH is 3. The number of halogens is 3. The Kier molecular flexibility index (Phi) is 6.21. The Hall–Kier alpha value is -2.54. The number of anilines is 2. The Morgan fingerprint density at radius 2 is 1.88 bits per heavy atom. The highest BCUT2D eigenvalue weighted by molar-refractivity contribution is 7.21. The van der Waals surface area contributed by atoms with Gasteiger partial charge < -0.3 is 26.0 Å². The highest BCUT2D eigenvalue weighted by atomic mass is 32.1. The second kappa shape index (κ2) is 8.77. The molecule has 1 aromatic carbocycles. The van der Waals surface area contributed by atoms with Gasteiger partial charge in [0.25, 0.3) is 0 Å². The lowest BCUT2D eigenvalue weighted by Crippen LogP contribution is -2.36. The first-order chi connectivity index (χ1) is 15.2. The van der Waals surface area contributed by atoms with Crippen molar-refractivity contribution in [1.82, 2.24) is 15.0 Å². The highest BCUT2D eigenvalue weighted by Crippen LogP contribution is 2.38. The van der Waals surface area contributed by atoms with Gasteiger partial charge in [0, 0.05) is 12.5 Å². The molecule has 1 aliphatic carbocycles. The minimum absolute atomic E-state index is 0.191. The zero-order valence-corrected chi connectivity index (χ0v) is 17.8. The van der Waals surface area contributed by atoms with Gasteiger partial charge in [-0.1, -0.05) is 12.1 Å². The molecule has 0 unspecified atom stereocenters. The van der Waals surface area contributed by atoms with E-state index in [0.29, 0.717) is 16.3 Å². The molecule has 0 radical (unpaired) electrons. The van der Waals surface area contributed by atoms with Gasteiger partial charge in [-0.15, -0.1) is 11.3 Å². The zero-order valence-electron chi connectivity index (χ0n) is 17.0. The maximum absolute atomic E-state index is 12.7. The van der Waals surface area contributed by atoms with Gasteiger partial charge in [-0.3, -0.25) is 0 Å². The predicted octanol–water partition coefficient (Wildman–Crippen LogP) is 2.55. The topological polar surface area (TPSA) is 123 Å². The summed E-state index contributed by atoms with van der Waals surface area (Å²) in [6.07, 6.45) is -6.50. The quantitative estimate of drug-likeness (QED) is 0.373. The fourth-order valence-corrected chi connectivity index (χ4v) is 4.86. The third kappa shape index (κ3) is 4.63. The standard InChI is InChI=1S/C20H22F3N5O3S/c1-9-14(18-27-11-4-2-3-5-13(11)32-18)17(28-19(25-9)24-8-20(21,22)23)26-12-6-10(7-29)15(30)16(12)31/h2-5,10,12,15-16,29-31H,6-8H2,1H3,(H2,24,25,26,28)/t10-,12-,15-,16+/m0/s1. The molecule has 172 valence electrons. The van der Waals surface area contributed by atoms with E-state index in [2.05, 4.69) is 25.6 Å². The molecule has 0 aliphatic heterocycles. The van der Waals surface area contributed by atoms with Crippen LogP contribution >= 0.6 is 11.3 Å². The van der Waals surface area contributed by atoms with Gasteiger partial charge >= 0.3 is 6.18 Å². The van der Waals surface area contributed by atoms with Crippen molar-refractivity contribution < 1.29 is 28.5 Å². The van der Waals surface area contributed by atoms with Crippen LogP contribution in [-0.4, -0.2) is 67.8 Å². The summed E-state index contributed by atoms with van der Waals surface area (Å²) >= 11 is 1.38. The molecule has 1 aliphatic rings. The lowest BCUT2D eigenvalue weighted by atomic mass is 10.1. The van der Waals surface area contributed by atoms with Crippen molar-refractivity contribution in [2.75, 3.05) is 23.8 Å². The average molecular weight is 469 g/mol. The number of nitrogens with zero attached hydrogens (tertiary/aromatic N) is 3. The van der Waals surface area contributed by atoms with E-state index >= 15 is 0 Å². The SMILES string of the molecule is Cc1nc(NCC(F)(F)F)nc(N[C@H]2C[C@@H](CO)[C@H](O)[C@@H]2O)c1-c1nc2ccccc2s1. The van der Waals surface area contributed by atoms with Gasteiger partial charge in [0.2, 0.25) is 5.95 Å². The largest absolute Gasteiger partial charge is 0.405 e. The van der Waals surface area contributed by atoms with Crippen LogP contribution in [0.1, 0.15) is 12.1 Å². The van der Waals surface area contributed by atoms with E-state index < -0.39 is 36.9 Å². The van der Waals surface area contributed by atoms with Crippen LogP contribution < -0.4 is 10.6 Å². The molecule has 32 heavy (non-hydrogen) atoms. The first-order valence-corrected chi connectivity index (χ1v) is 10.8. The van der Waals surface area contributed by atoms with Gasteiger partial charge in [0.1, 0.15) is 23.5 Å². The number of hydrogen-bond donors (Lipinski definition) is 5. The molecule has 2 heterocycles. The van der Waals surface area contributed by atoms with Crippen LogP contribution in [0.15, 0.2) is 24.3 Å². The minimum Gasteiger partial charge on any atom is -0.396 e. The number of nitrogens with one attached hydrogen (secondary N) is 2. The Morgan fingerprint density at radius 3 is 2.53 bits per heavy atom. The zero-order chi connectivity index (χ0) is 23.0. The summed E-state index contributed by atoms with van der Waals surface area (Å²) in [6.45, 7) is 0.0372. The highest BCUT2D eigenvalue weighted by Gasteiger charge is 2.41. The van der Waals surface area contributed by atoms with Crippen molar-refractivity contribution in [2.45, 2.75) is 37.8 Å². The molecule has 3 aromatic rings. The summed E-state index contributed by atoms with van der Waals surface area (Å²) < 4.78 is 39.0. The number of aryl methyl sites for hydroxylation is 1. The smallest absolute Gasteiger partial charge is 0.396 e. The van der Waals surface area contributed by atoms with E-state index in [4.69, 9.17) is 0 Å². The number of rotatable bonds is 6. The van der Waals surface area contributed by atoms with Gasteiger partial charge in [-0.2, -0.15) is 18.2 Å². The van der Waals surface area contributed by atoms with E-state index in [9.17, 15) is 28.5 Å². The molecule has 1 fully saturated rings. The van der Waals surface area contributed by atoms with Gasteiger partial charge in [-0.05, 0) is 25.5 Å². The first-order valence-electron chi connectivity index (χ1n) is 9.95. The minimum atomic E-state index is -4.45. The number of benzene rings is 1. The van der Waals surface area contributed by atoms with Crippen LogP contribution in [0.5, 0.6) is 0 Å². The summed E-state index contributed by atoms with van der Waals surface area (Å²) in [5.74, 6) is -0.561. The lowest BCUT2D eigenvalue weighted by Gasteiger charge is -2.21. The van der Waals surface area contributed by atoms with E-state index in [1.165, 1.54) is 11.3 Å². The summed E-state index contributed by atoms with van der Waals surface area (Å²) in [5.41, 5.74) is 1.66. The number of para-hydroxylation sites is 1. The van der Waals surface area contributed by atoms with Crippen LogP contribution in [-0.2, 0) is 0 Å². The maximum atomic E-state index is 12.7. The number of alkyl halides is 3. The Bertz CT molecular complexity index is 1080. The van der Waals surface area contributed by atoms with E-state index in [-0.39, 0.29) is 24.8 Å². The van der Waals surface area contributed by atoms with Crippen LogP contribution in [0.25, 0.3) is 20.8 Å². The number of thiazole rings is 1. The number of hydrogen-bond acceptors (Lipinski definition) is 9. The third-order valence-corrected chi connectivity index (χ3v) is 6.46. The predicted molar refractivity (Wildman–Crippen MR) is 115 cm³/mol. The first kappa shape index (κ1) is 22.6. The van der Waals surface area contributed by atoms with E-state index in [1.54, 1.807) is 6.92 Å². The Labute approximate surface area is 185 Å². The molecular weight excluding hydrogens is 447 g/mol. The van der Waals surface area contributed by atoms with Crippen LogP contribution in [0.4, 0.5) is 24.9 Å².